The van der Waals surface area contributed by atoms with E-state index in [9.17, 15) is 9.59 Å². The highest BCUT2D eigenvalue weighted by Crippen LogP contribution is 2.25. The van der Waals surface area contributed by atoms with E-state index in [0.717, 1.165) is 30.4 Å². The Morgan fingerprint density at radius 3 is 2.96 bits per heavy atom. The lowest BCUT2D eigenvalue weighted by Gasteiger charge is -2.26. The monoisotopic (exact) mass is 353 g/mol. The second-order valence-electron chi connectivity index (χ2n) is 5.74. The van der Waals surface area contributed by atoms with Crippen molar-refractivity contribution >= 4 is 40.6 Å². The molecule has 4 rings (SSSR count). The number of hydrogen-bond acceptors (Lipinski definition) is 7. The smallest absolute Gasteiger partial charge is 0.290 e. The zero-order valence-electron chi connectivity index (χ0n) is 13.2. The number of amides is 2. The Kier molecular flexibility index (Phi) is 4.10. The number of nitrogens with zero attached hydrogens (tertiary/aromatic N) is 2. The van der Waals surface area contributed by atoms with E-state index in [1.807, 2.05) is 12.1 Å². The summed E-state index contributed by atoms with van der Waals surface area (Å²) in [5, 5.41) is 8.57. The largest absolute Gasteiger partial charge is 0.383 e. The van der Waals surface area contributed by atoms with Crippen LogP contribution in [0.1, 0.15) is 11.3 Å². The van der Waals surface area contributed by atoms with Crippen LogP contribution < -0.4 is 16.0 Å². The molecular formula is C17H15N5O2S. The minimum absolute atomic E-state index is 0.170. The van der Waals surface area contributed by atoms with Gasteiger partial charge in [-0.1, -0.05) is 18.2 Å². The number of fused-ring (bicyclic) bond motifs is 1. The summed E-state index contributed by atoms with van der Waals surface area (Å²) >= 11 is 0.873. The molecule has 0 bridgehead atoms. The fourth-order valence-corrected chi connectivity index (χ4v) is 3.47. The number of nitrogens with one attached hydrogen (secondary N) is 3. The number of rotatable bonds is 3. The van der Waals surface area contributed by atoms with E-state index in [4.69, 9.17) is 0 Å². The molecule has 2 aliphatic rings. The molecule has 1 aromatic heterocycles. The Hall–Kier alpha value is -2.87. The lowest BCUT2D eigenvalue weighted by atomic mass is 10.00. The van der Waals surface area contributed by atoms with Crippen molar-refractivity contribution < 1.29 is 9.59 Å². The van der Waals surface area contributed by atoms with Crippen molar-refractivity contribution in [2.75, 3.05) is 17.2 Å². The van der Waals surface area contributed by atoms with Crippen LogP contribution in [0, 0.1) is 0 Å². The van der Waals surface area contributed by atoms with Gasteiger partial charge in [0.2, 0.25) is 5.95 Å². The molecule has 1 fully saturated rings. The van der Waals surface area contributed by atoms with Gasteiger partial charge in [-0.15, -0.1) is 0 Å². The molecule has 0 saturated carbocycles. The average molecular weight is 353 g/mol. The molecule has 2 amide bonds. The first-order valence-corrected chi connectivity index (χ1v) is 8.65. The first-order valence-electron chi connectivity index (χ1n) is 7.83. The van der Waals surface area contributed by atoms with Crippen molar-refractivity contribution in [2.45, 2.75) is 12.5 Å². The van der Waals surface area contributed by atoms with Gasteiger partial charge in [0.1, 0.15) is 0 Å². The quantitative estimate of drug-likeness (QED) is 0.728. The fourth-order valence-electron chi connectivity index (χ4n) is 2.80. The molecule has 1 atom stereocenters. The molecule has 1 unspecified atom stereocenters. The number of thioether (sulfide) groups is 1. The van der Waals surface area contributed by atoms with Crippen molar-refractivity contribution in [1.82, 2.24) is 15.3 Å². The first-order chi connectivity index (χ1) is 12.2. The normalized spacial score (nSPS) is 20.8. The van der Waals surface area contributed by atoms with E-state index in [1.54, 1.807) is 18.3 Å². The maximum absolute atomic E-state index is 11.6. The second kappa shape index (κ2) is 6.56. The molecule has 126 valence electrons. The van der Waals surface area contributed by atoms with E-state index >= 15 is 0 Å². The molecule has 3 heterocycles. The Bertz CT molecular complexity index is 883. The van der Waals surface area contributed by atoms with Crippen LogP contribution in [0.2, 0.25) is 0 Å². The van der Waals surface area contributed by atoms with Crippen molar-refractivity contribution in [2.24, 2.45) is 0 Å². The number of carbonyl (C=O) groups is 2. The highest BCUT2D eigenvalue weighted by Gasteiger charge is 2.25. The molecule has 3 N–H and O–H groups in total. The summed E-state index contributed by atoms with van der Waals surface area (Å²) in [6, 6.07) is 10.1. The third-order valence-electron chi connectivity index (χ3n) is 3.95. The summed E-state index contributed by atoms with van der Waals surface area (Å²) in [6.07, 6.45) is 4.10. The molecule has 0 spiro atoms. The van der Waals surface area contributed by atoms with Crippen LogP contribution in [0.15, 0.2) is 41.4 Å². The van der Waals surface area contributed by atoms with Crippen LogP contribution in [0.4, 0.5) is 16.4 Å². The zero-order chi connectivity index (χ0) is 17.2. The minimum atomic E-state index is -0.392. The average Bonchev–Trinajstić information content (AvgIpc) is 2.92. The predicted molar refractivity (Wildman–Crippen MR) is 97.2 cm³/mol. The van der Waals surface area contributed by atoms with E-state index in [2.05, 4.69) is 38.1 Å². The van der Waals surface area contributed by atoms with E-state index in [1.165, 1.54) is 5.56 Å². The maximum atomic E-state index is 11.6. The molecule has 7 nitrogen and oxygen atoms in total. The zero-order valence-corrected chi connectivity index (χ0v) is 14.0. The van der Waals surface area contributed by atoms with Gasteiger partial charge in [0.15, 0.2) is 0 Å². The van der Waals surface area contributed by atoms with Gasteiger partial charge in [0.25, 0.3) is 11.1 Å². The van der Waals surface area contributed by atoms with E-state index in [-0.39, 0.29) is 11.3 Å². The minimum Gasteiger partial charge on any atom is -0.383 e. The Morgan fingerprint density at radius 1 is 1.24 bits per heavy atom. The molecule has 0 aliphatic carbocycles. The summed E-state index contributed by atoms with van der Waals surface area (Å²) in [6.45, 7) is 0.776. The molecule has 1 saturated heterocycles. The van der Waals surface area contributed by atoms with E-state index < -0.39 is 5.91 Å². The van der Waals surface area contributed by atoms with Crippen molar-refractivity contribution in [3.05, 3.63) is 52.7 Å². The van der Waals surface area contributed by atoms with Gasteiger partial charge in [-0.05, 0) is 42.0 Å². The Morgan fingerprint density at radius 2 is 2.12 bits per heavy atom. The van der Waals surface area contributed by atoms with Gasteiger partial charge >= 0.3 is 0 Å². The third-order valence-corrected chi connectivity index (χ3v) is 4.76. The summed E-state index contributed by atoms with van der Waals surface area (Å²) in [5.74, 6) is 0.103. The lowest BCUT2D eigenvalue weighted by Crippen LogP contribution is -2.35. The van der Waals surface area contributed by atoms with Crippen LogP contribution in [-0.2, 0) is 11.2 Å². The predicted octanol–water partition coefficient (Wildman–Crippen LogP) is 2.25. The molecule has 8 heteroatoms. The Labute approximate surface area is 148 Å². The molecular weight excluding hydrogens is 338 g/mol. The molecule has 0 radical (unpaired) electrons. The topological polar surface area (TPSA) is 96.0 Å². The van der Waals surface area contributed by atoms with Gasteiger partial charge in [-0.2, -0.15) is 0 Å². The standard InChI is InChI=1S/C17H15N5O2S/c23-15-14(25-17(24)22-15)8-11-5-6-18-16(20-11)21-12-7-10-3-1-2-4-13(10)19-9-12/h1-6,8,12,19H,7,9H2,(H,18,20,21)(H,22,23,24)/b14-8+. The van der Waals surface area contributed by atoms with Crippen molar-refractivity contribution in [1.29, 1.82) is 0 Å². The van der Waals surface area contributed by atoms with Gasteiger partial charge in [-0.3, -0.25) is 14.9 Å². The summed E-state index contributed by atoms with van der Waals surface area (Å²) in [5.41, 5.74) is 2.99. The molecule has 1 aromatic carbocycles. The van der Waals surface area contributed by atoms with Crippen LogP contribution in [0.3, 0.4) is 0 Å². The van der Waals surface area contributed by atoms with Gasteiger partial charge in [-0.25, -0.2) is 9.97 Å². The summed E-state index contributed by atoms with van der Waals surface area (Å²) < 4.78 is 0. The lowest BCUT2D eigenvalue weighted by molar-refractivity contribution is -0.115. The highest BCUT2D eigenvalue weighted by molar-refractivity contribution is 8.18. The van der Waals surface area contributed by atoms with Crippen LogP contribution in [0.5, 0.6) is 0 Å². The number of para-hydroxylation sites is 1. The van der Waals surface area contributed by atoms with Gasteiger partial charge in [0, 0.05) is 18.4 Å². The molecule has 2 aromatic rings. The van der Waals surface area contributed by atoms with Crippen LogP contribution >= 0.6 is 11.8 Å². The SMILES string of the molecule is O=C1NC(=O)/C(=C\c2ccnc(NC3CNc4ccccc4C3)n2)S1. The number of imide groups is 1. The second-order valence-corrected chi connectivity index (χ2v) is 6.76. The first kappa shape index (κ1) is 15.6. The number of aromatic nitrogens is 2. The van der Waals surface area contributed by atoms with Gasteiger partial charge in [0.05, 0.1) is 16.6 Å². The number of anilines is 2. The molecule has 25 heavy (non-hydrogen) atoms. The summed E-state index contributed by atoms with van der Waals surface area (Å²) in [4.78, 5) is 31.8. The third kappa shape index (κ3) is 3.48. The Balaban J connectivity index is 1.48. The number of hydrogen-bond donors (Lipinski definition) is 3. The fraction of sp³-hybridized carbons (Fsp3) is 0.176. The highest BCUT2D eigenvalue weighted by atomic mass is 32.2. The van der Waals surface area contributed by atoms with E-state index in [0.29, 0.717) is 16.5 Å². The van der Waals surface area contributed by atoms with Crippen molar-refractivity contribution in [3.8, 4) is 0 Å². The van der Waals surface area contributed by atoms with Crippen molar-refractivity contribution in [3.63, 3.8) is 0 Å². The van der Waals surface area contributed by atoms with Crippen LogP contribution in [-0.4, -0.2) is 33.7 Å². The summed E-state index contributed by atoms with van der Waals surface area (Å²) in [7, 11) is 0. The maximum Gasteiger partial charge on any atom is 0.290 e. The number of carbonyl (C=O) groups excluding carboxylic acids is 2. The molecule has 2 aliphatic heterocycles. The number of benzene rings is 1. The van der Waals surface area contributed by atoms with Gasteiger partial charge < -0.3 is 10.6 Å². The van der Waals surface area contributed by atoms with Crippen LogP contribution in [0.25, 0.3) is 6.08 Å².